The van der Waals surface area contributed by atoms with E-state index in [2.05, 4.69) is 15.0 Å². The SMILES string of the molecule is Cc1cc(-c2cc(C(C=NCC(C)(C)O)=CN)c(N)nc2-c2ccc(F)cc2)cc(Cl)n1. The summed E-state index contributed by atoms with van der Waals surface area (Å²) in [5, 5.41) is 10.2. The van der Waals surface area contributed by atoms with Gasteiger partial charge in [-0.1, -0.05) is 11.6 Å². The summed E-state index contributed by atoms with van der Waals surface area (Å²) in [4.78, 5) is 13.1. The van der Waals surface area contributed by atoms with Crippen LogP contribution in [0.3, 0.4) is 0 Å². The number of benzene rings is 1. The van der Waals surface area contributed by atoms with Crippen molar-refractivity contribution < 1.29 is 9.50 Å². The van der Waals surface area contributed by atoms with Gasteiger partial charge in [0.2, 0.25) is 0 Å². The Hall–Kier alpha value is -3.29. The minimum Gasteiger partial charge on any atom is -0.404 e. The van der Waals surface area contributed by atoms with E-state index in [-0.39, 0.29) is 18.2 Å². The molecular formula is C24H25ClFN5O. The van der Waals surface area contributed by atoms with Crippen molar-refractivity contribution >= 4 is 29.2 Å². The van der Waals surface area contributed by atoms with Crippen molar-refractivity contribution in [1.82, 2.24) is 9.97 Å². The molecule has 3 rings (SSSR count). The van der Waals surface area contributed by atoms with Crippen LogP contribution in [0.15, 0.2) is 53.7 Å². The summed E-state index contributed by atoms with van der Waals surface area (Å²) in [5.41, 5.74) is 15.8. The molecule has 0 saturated carbocycles. The van der Waals surface area contributed by atoms with Crippen LogP contribution in [0, 0.1) is 12.7 Å². The van der Waals surface area contributed by atoms with Crippen molar-refractivity contribution in [1.29, 1.82) is 0 Å². The standard InChI is InChI=1S/C24H25ClFN5O/c1-14-8-16(9-21(25)30-14)19-10-20(17(11-27)12-29-13-24(2,3)32)23(28)31-22(19)15-4-6-18(26)7-5-15/h4-12,32H,13,27H2,1-3H3,(H2,28,31). The third-order valence-corrected chi connectivity index (χ3v) is 4.80. The number of aliphatic hydroxyl groups is 1. The third kappa shape index (κ3) is 5.69. The first-order chi connectivity index (χ1) is 15.1. The van der Waals surface area contributed by atoms with Crippen LogP contribution in [0.25, 0.3) is 28.0 Å². The van der Waals surface area contributed by atoms with E-state index in [0.29, 0.717) is 27.5 Å². The Bertz CT molecular complexity index is 1160. The van der Waals surface area contributed by atoms with E-state index in [1.165, 1.54) is 18.3 Å². The van der Waals surface area contributed by atoms with Crippen LogP contribution >= 0.6 is 11.6 Å². The van der Waals surface area contributed by atoms with Crippen LogP contribution in [-0.2, 0) is 0 Å². The fraction of sp³-hybridized carbons (Fsp3) is 0.208. The molecule has 0 aliphatic carbocycles. The van der Waals surface area contributed by atoms with Crippen LogP contribution in [0.2, 0.25) is 5.15 Å². The van der Waals surface area contributed by atoms with Crippen LogP contribution < -0.4 is 11.5 Å². The lowest BCUT2D eigenvalue weighted by Crippen LogP contribution is -2.22. The number of nitrogen functional groups attached to an aromatic ring is 1. The Kier molecular flexibility index (Phi) is 6.91. The normalized spacial score (nSPS) is 12.5. The van der Waals surface area contributed by atoms with Crippen LogP contribution in [0.5, 0.6) is 0 Å². The summed E-state index contributed by atoms with van der Waals surface area (Å²) < 4.78 is 13.5. The number of rotatable bonds is 6. The van der Waals surface area contributed by atoms with Crippen LogP contribution in [0.1, 0.15) is 25.1 Å². The lowest BCUT2D eigenvalue weighted by atomic mass is 9.95. The van der Waals surface area contributed by atoms with Crippen molar-refractivity contribution in [3.8, 4) is 22.4 Å². The first kappa shape index (κ1) is 23.4. The van der Waals surface area contributed by atoms with E-state index < -0.39 is 5.60 Å². The highest BCUT2D eigenvalue weighted by molar-refractivity contribution is 6.29. The summed E-state index contributed by atoms with van der Waals surface area (Å²) >= 11 is 6.21. The number of allylic oxidation sites excluding steroid dienone is 1. The van der Waals surface area contributed by atoms with Gasteiger partial charge in [0.25, 0.3) is 0 Å². The van der Waals surface area contributed by atoms with Gasteiger partial charge in [-0.25, -0.2) is 14.4 Å². The van der Waals surface area contributed by atoms with Crippen LogP contribution in [-0.4, -0.2) is 33.4 Å². The van der Waals surface area contributed by atoms with Crippen molar-refractivity contribution in [3.63, 3.8) is 0 Å². The second-order valence-electron chi connectivity index (χ2n) is 8.05. The number of aryl methyl sites for hydroxylation is 1. The summed E-state index contributed by atoms with van der Waals surface area (Å²) in [6.45, 7) is 5.36. The molecule has 8 heteroatoms. The summed E-state index contributed by atoms with van der Waals surface area (Å²) in [7, 11) is 0. The lowest BCUT2D eigenvalue weighted by molar-refractivity contribution is 0.0906. The number of halogens is 2. The Morgan fingerprint density at radius 1 is 1.16 bits per heavy atom. The van der Waals surface area contributed by atoms with Crippen molar-refractivity contribution in [2.75, 3.05) is 12.3 Å². The lowest BCUT2D eigenvalue weighted by Gasteiger charge is -2.16. The van der Waals surface area contributed by atoms with Gasteiger partial charge in [0.15, 0.2) is 0 Å². The number of pyridine rings is 2. The molecule has 3 aromatic rings. The first-order valence-corrected chi connectivity index (χ1v) is 10.3. The molecule has 0 radical (unpaired) electrons. The molecule has 0 fully saturated rings. The maximum Gasteiger partial charge on any atom is 0.132 e. The smallest absolute Gasteiger partial charge is 0.132 e. The van der Waals surface area contributed by atoms with E-state index in [9.17, 15) is 9.50 Å². The molecule has 0 bridgehead atoms. The number of hydrogen-bond donors (Lipinski definition) is 3. The molecule has 0 atom stereocenters. The van der Waals surface area contributed by atoms with Gasteiger partial charge in [-0.2, -0.15) is 0 Å². The minimum atomic E-state index is -0.955. The molecule has 2 heterocycles. The molecule has 0 aliphatic heterocycles. The van der Waals surface area contributed by atoms with Gasteiger partial charge in [0.1, 0.15) is 16.8 Å². The molecule has 0 amide bonds. The quantitative estimate of drug-likeness (QED) is 0.372. The number of aliphatic imine (C=N–C) groups is 1. The van der Waals surface area contributed by atoms with Crippen molar-refractivity contribution in [2.24, 2.45) is 10.7 Å². The van der Waals surface area contributed by atoms with E-state index >= 15 is 0 Å². The van der Waals surface area contributed by atoms with Crippen molar-refractivity contribution in [3.05, 3.63) is 70.9 Å². The fourth-order valence-electron chi connectivity index (χ4n) is 3.16. The summed E-state index contributed by atoms with van der Waals surface area (Å²) in [6.07, 6.45) is 2.94. The average Bonchev–Trinajstić information content (AvgIpc) is 2.70. The molecule has 1 aromatic carbocycles. The molecule has 2 aromatic heterocycles. The molecule has 166 valence electrons. The molecule has 0 saturated heterocycles. The maximum absolute atomic E-state index is 13.5. The molecule has 5 N–H and O–H groups in total. The molecular weight excluding hydrogens is 429 g/mol. The minimum absolute atomic E-state index is 0.192. The van der Waals surface area contributed by atoms with Gasteiger partial charge in [-0.05, 0) is 68.8 Å². The monoisotopic (exact) mass is 453 g/mol. The Balaban J connectivity index is 2.20. The third-order valence-electron chi connectivity index (χ3n) is 4.60. The highest BCUT2D eigenvalue weighted by atomic mass is 35.5. The van der Waals surface area contributed by atoms with E-state index in [4.69, 9.17) is 23.1 Å². The second kappa shape index (κ2) is 9.46. The van der Waals surface area contributed by atoms with Gasteiger partial charge < -0.3 is 16.6 Å². The predicted octanol–water partition coefficient (Wildman–Crippen LogP) is 4.64. The second-order valence-corrected chi connectivity index (χ2v) is 8.44. The summed E-state index contributed by atoms with van der Waals surface area (Å²) in [6, 6.07) is 11.5. The van der Waals surface area contributed by atoms with E-state index in [1.807, 2.05) is 19.1 Å². The maximum atomic E-state index is 13.5. The number of anilines is 1. The van der Waals surface area contributed by atoms with Crippen molar-refractivity contribution in [2.45, 2.75) is 26.4 Å². The zero-order chi connectivity index (χ0) is 23.5. The van der Waals surface area contributed by atoms with E-state index in [0.717, 1.165) is 16.8 Å². The van der Waals surface area contributed by atoms with Gasteiger partial charge in [-0.15, -0.1) is 0 Å². The Morgan fingerprint density at radius 2 is 1.84 bits per heavy atom. The van der Waals surface area contributed by atoms with Gasteiger partial charge in [0, 0.05) is 40.4 Å². The number of nitrogens with two attached hydrogens (primary N) is 2. The summed E-state index contributed by atoms with van der Waals surface area (Å²) in [5.74, 6) is -0.115. The predicted molar refractivity (Wildman–Crippen MR) is 129 cm³/mol. The Morgan fingerprint density at radius 3 is 2.44 bits per heavy atom. The number of nitrogens with zero attached hydrogens (tertiary/aromatic N) is 3. The van der Waals surface area contributed by atoms with E-state index in [1.54, 1.807) is 38.3 Å². The molecule has 32 heavy (non-hydrogen) atoms. The molecule has 0 unspecified atom stereocenters. The fourth-order valence-corrected chi connectivity index (χ4v) is 3.41. The highest BCUT2D eigenvalue weighted by Gasteiger charge is 2.17. The highest BCUT2D eigenvalue weighted by Crippen LogP contribution is 2.36. The molecule has 0 spiro atoms. The Labute approximate surface area is 191 Å². The zero-order valence-corrected chi connectivity index (χ0v) is 18.9. The van der Waals surface area contributed by atoms with Gasteiger partial charge in [0.05, 0.1) is 17.8 Å². The van der Waals surface area contributed by atoms with Gasteiger partial charge in [-0.3, -0.25) is 4.99 Å². The zero-order valence-electron chi connectivity index (χ0n) is 18.1. The molecule has 0 aliphatic rings. The van der Waals surface area contributed by atoms with Crippen LogP contribution in [0.4, 0.5) is 10.2 Å². The number of aromatic nitrogens is 2. The topological polar surface area (TPSA) is 110 Å². The molecule has 6 nitrogen and oxygen atoms in total. The number of hydrogen-bond acceptors (Lipinski definition) is 6. The van der Waals surface area contributed by atoms with Gasteiger partial charge >= 0.3 is 0 Å². The average molecular weight is 454 g/mol. The first-order valence-electron chi connectivity index (χ1n) is 9.93. The largest absolute Gasteiger partial charge is 0.404 e.